The van der Waals surface area contributed by atoms with Gasteiger partial charge in [-0.15, -0.1) is 0 Å². The second-order valence-electron chi connectivity index (χ2n) is 2.71. The van der Waals surface area contributed by atoms with Crippen LogP contribution >= 0.6 is 0 Å². The van der Waals surface area contributed by atoms with Crippen LogP contribution in [0.2, 0.25) is 0 Å². The highest BCUT2D eigenvalue weighted by Crippen LogP contribution is 2.00. The summed E-state index contributed by atoms with van der Waals surface area (Å²) in [5.74, 6) is 0. The predicted molar refractivity (Wildman–Crippen MR) is 42.8 cm³/mol. The molecule has 0 aliphatic heterocycles. The summed E-state index contributed by atoms with van der Waals surface area (Å²) >= 11 is 0. The molecule has 1 rings (SSSR count). The van der Waals surface area contributed by atoms with Crippen molar-refractivity contribution in [3.05, 3.63) is 24.0 Å². The van der Waals surface area contributed by atoms with Gasteiger partial charge < -0.3 is 10.7 Å². The molecule has 1 atom stereocenters. The Labute approximate surface area is 61.4 Å². The summed E-state index contributed by atoms with van der Waals surface area (Å²) in [5.41, 5.74) is 6.87. The van der Waals surface area contributed by atoms with E-state index in [1.54, 1.807) is 0 Å². The minimum atomic E-state index is 0.309. The first kappa shape index (κ1) is 7.35. The van der Waals surface area contributed by atoms with Crippen molar-refractivity contribution in [2.24, 2.45) is 5.73 Å². The lowest BCUT2D eigenvalue weighted by molar-refractivity contribution is 0.660. The van der Waals surface area contributed by atoms with Crippen molar-refractivity contribution in [1.29, 1.82) is 0 Å². The van der Waals surface area contributed by atoms with Gasteiger partial charge in [-0.1, -0.05) is 0 Å². The fraction of sp³-hybridized carbons (Fsp3) is 0.500. The van der Waals surface area contributed by atoms with Gasteiger partial charge in [0.05, 0.1) is 0 Å². The van der Waals surface area contributed by atoms with Crippen molar-refractivity contribution in [2.45, 2.75) is 25.8 Å². The van der Waals surface area contributed by atoms with E-state index in [0.29, 0.717) is 6.04 Å². The van der Waals surface area contributed by atoms with Crippen molar-refractivity contribution >= 4 is 0 Å². The van der Waals surface area contributed by atoms with E-state index in [1.807, 2.05) is 19.2 Å². The number of aromatic amines is 1. The van der Waals surface area contributed by atoms with E-state index in [2.05, 4.69) is 11.1 Å². The van der Waals surface area contributed by atoms with Crippen LogP contribution in [0, 0.1) is 0 Å². The first-order valence-electron chi connectivity index (χ1n) is 3.67. The van der Waals surface area contributed by atoms with Gasteiger partial charge in [-0.2, -0.15) is 0 Å². The molecule has 0 bridgehead atoms. The maximum atomic E-state index is 5.60. The lowest BCUT2D eigenvalue weighted by atomic mass is 10.1. The molecule has 0 saturated heterocycles. The molecule has 2 nitrogen and oxygen atoms in total. The zero-order chi connectivity index (χ0) is 7.40. The van der Waals surface area contributed by atoms with Gasteiger partial charge in [0.2, 0.25) is 0 Å². The highest BCUT2D eigenvalue weighted by Gasteiger charge is 1.95. The number of aromatic nitrogens is 1. The van der Waals surface area contributed by atoms with Crippen LogP contribution in [-0.2, 0) is 6.42 Å². The van der Waals surface area contributed by atoms with Crippen molar-refractivity contribution in [1.82, 2.24) is 4.98 Å². The number of nitrogens with one attached hydrogen (secondary N) is 1. The monoisotopic (exact) mass is 138 g/mol. The largest absolute Gasteiger partial charge is 0.365 e. The molecule has 0 aromatic carbocycles. The van der Waals surface area contributed by atoms with Gasteiger partial charge in [-0.25, -0.2) is 0 Å². The van der Waals surface area contributed by atoms with Gasteiger partial charge in [0, 0.05) is 17.9 Å². The van der Waals surface area contributed by atoms with Crippen molar-refractivity contribution < 1.29 is 0 Å². The molecule has 0 amide bonds. The Bertz CT molecular complexity index is 165. The van der Waals surface area contributed by atoms with E-state index in [-0.39, 0.29) is 0 Å². The molecule has 1 heterocycles. The summed E-state index contributed by atoms with van der Waals surface area (Å²) in [6.45, 7) is 2.03. The van der Waals surface area contributed by atoms with Gasteiger partial charge in [-0.3, -0.25) is 0 Å². The van der Waals surface area contributed by atoms with Crippen LogP contribution in [0.3, 0.4) is 0 Å². The van der Waals surface area contributed by atoms with Crippen LogP contribution in [0.1, 0.15) is 19.0 Å². The fourth-order valence-corrected chi connectivity index (χ4v) is 0.906. The third-order valence-corrected chi connectivity index (χ3v) is 1.53. The van der Waals surface area contributed by atoms with Crippen LogP contribution in [0.4, 0.5) is 0 Å². The third kappa shape index (κ3) is 2.23. The molecule has 0 saturated carbocycles. The fourth-order valence-electron chi connectivity index (χ4n) is 0.906. The molecule has 56 valence electrons. The van der Waals surface area contributed by atoms with Gasteiger partial charge >= 0.3 is 0 Å². The first-order chi connectivity index (χ1) is 4.79. The zero-order valence-corrected chi connectivity index (χ0v) is 6.30. The molecule has 0 spiro atoms. The second-order valence-corrected chi connectivity index (χ2v) is 2.71. The molecule has 0 fully saturated rings. The topological polar surface area (TPSA) is 41.8 Å². The normalized spacial score (nSPS) is 13.4. The Morgan fingerprint density at radius 2 is 2.50 bits per heavy atom. The van der Waals surface area contributed by atoms with E-state index in [0.717, 1.165) is 12.8 Å². The van der Waals surface area contributed by atoms with Crippen molar-refractivity contribution in [3.63, 3.8) is 0 Å². The molecule has 3 N–H and O–H groups in total. The Morgan fingerprint density at radius 1 is 1.70 bits per heavy atom. The summed E-state index contributed by atoms with van der Waals surface area (Å²) in [7, 11) is 0. The predicted octanol–water partition coefficient (Wildman–Crippen LogP) is 1.29. The number of hydrogen-bond acceptors (Lipinski definition) is 1. The SMILES string of the molecule is C[C@@H](N)CCc1ccc[nH]1. The number of H-pyrrole nitrogens is 1. The second kappa shape index (κ2) is 3.42. The number of aryl methyl sites for hydroxylation is 1. The molecular weight excluding hydrogens is 124 g/mol. The van der Waals surface area contributed by atoms with Crippen LogP contribution in [-0.4, -0.2) is 11.0 Å². The molecule has 0 aliphatic carbocycles. The van der Waals surface area contributed by atoms with Crippen molar-refractivity contribution in [2.75, 3.05) is 0 Å². The Balaban J connectivity index is 2.28. The van der Waals surface area contributed by atoms with E-state index in [9.17, 15) is 0 Å². The van der Waals surface area contributed by atoms with Gasteiger partial charge in [-0.05, 0) is 31.9 Å². The summed E-state index contributed by atoms with van der Waals surface area (Å²) in [4.78, 5) is 3.14. The van der Waals surface area contributed by atoms with Crippen LogP contribution in [0.5, 0.6) is 0 Å². The highest BCUT2D eigenvalue weighted by molar-refractivity contribution is 5.03. The average molecular weight is 138 g/mol. The molecule has 0 unspecified atom stereocenters. The Morgan fingerprint density at radius 3 is 3.00 bits per heavy atom. The van der Waals surface area contributed by atoms with E-state index < -0.39 is 0 Å². The van der Waals surface area contributed by atoms with Crippen LogP contribution in [0.15, 0.2) is 18.3 Å². The molecule has 0 radical (unpaired) electrons. The minimum absolute atomic E-state index is 0.309. The quantitative estimate of drug-likeness (QED) is 0.649. The van der Waals surface area contributed by atoms with E-state index in [1.165, 1.54) is 5.69 Å². The summed E-state index contributed by atoms with van der Waals surface area (Å²) in [6, 6.07) is 4.40. The number of nitrogens with two attached hydrogens (primary N) is 1. The van der Waals surface area contributed by atoms with Gasteiger partial charge in [0.1, 0.15) is 0 Å². The summed E-state index contributed by atoms with van der Waals surface area (Å²) < 4.78 is 0. The maximum absolute atomic E-state index is 5.60. The Hall–Kier alpha value is -0.760. The lowest BCUT2D eigenvalue weighted by Crippen LogP contribution is -2.15. The number of rotatable bonds is 3. The summed E-state index contributed by atoms with van der Waals surface area (Å²) in [6.07, 6.45) is 4.06. The maximum Gasteiger partial charge on any atom is 0.0147 e. The molecule has 1 aromatic rings. The number of hydrogen-bond donors (Lipinski definition) is 2. The molecule has 0 aliphatic rings. The highest BCUT2D eigenvalue weighted by atomic mass is 14.7. The van der Waals surface area contributed by atoms with Gasteiger partial charge in [0.15, 0.2) is 0 Å². The third-order valence-electron chi connectivity index (χ3n) is 1.53. The Kier molecular flexibility index (Phi) is 2.51. The minimum Gasteiger partial charge on any atom is -0.365 e. The zero-order valence-electron chi connectivity index (χ0n) is 6.30. The molecular formula is C8H14N2. The molecule has 10 heavy (non-hydrogen) atoms. The molecule has 2 heteroatoms. The molecule has 1 aromatic heterocycles. The van der Waals surface area contributed by atoms with Crippen LogP contribution < -0.4 is 5.73 Å². The van der Waals surface area contributed by atoms with E-state index >= 15 is 0 Å². The van der Waals surface area contributed by atoms with E-state index in [4.69, 9.17) is 5.73 Å². The van der Waals surface area contributed by atoms with Crippen LogP contribution in [0.25, 0.3) is 0 Å². The standard InChI is InChI=1S/C8H14N2/c1-7(9)4-5-8-3-2-6-10-8/h2-3,6-7,10H,4-5,9H2,1H3/t7-/m1/s1. The van der Waals surface area contributed by atoms with Crippen molar-refractivity contribution in [3.8, 4) is 0 Å². The average Bonchev–Trinajstić information content (AvgIpc) is 2.34. The first-order valence-corrected chi connectivity index (χ1v) is 3.67. The van der Waals surface area contributed by atoms with Gasteiger partial charge in [0.25, 0.3) is 0 Å². The summed E-state index contributed by atoms with van der Waals surface area (Å²) in [5, 5.41) is 0. The smallest absolute Gasteiger partial charge is 0.0147 e. The lowest BCUT2D eigenvalue weighted by Gasteiger charge is -2.01.